The van der Waals surface area contributed by atoms with Gasteiger partial charge in [-0.15, -0.1) is 0 Å². The van der Waals surface area contributed by atoms with Crippen molar-refractivity contribution in [2.75, 3.05) is 0 Å². The summed E-state index contributed by atoms with van der Waals surface area (Å²) in [4.78, 5) is 23.5. The van der Waals surface area contributed by atoms with E-state index in [1.807, 2.05) is 0 Å². The second-order valence-corrected chi connectivity index (χ2v) is 3.10. The van der Waals surface area contributed by atoms with E-state index in [0.29, 0.717) is 0 Å². The lowest BCUT2D eigenvalue weighted by Crippen LogP contribution is -2.22. The first-order chi connectivity index (χ1) is 7.00. The first-order valence-electron chi connectivity index (χ1n) is 4.27. The van der Waals surface area contributed by atoms with Gasteiger partial charge in [0.2, 0.25) is 5.56 Å². The van der Waals surface area contributed by atoms with Gasteiger partial charge in [-0.05, 0) is 11.6 Å². The molecule has 0 saturated carbocycles. The summed E-state index contributed by atoms with van der Waals surface area (Å²) >= 11 is 0. The maximum absolute atomic E-state index is 10.9. The predicted octanol–water partition coefficient (Wildman–Crippen LogP) is -0.756. The molecule has 6 heteroatoms. The van der Waals surface area contributed by atoms with Crippen molar-refractivity contribution in [3.63, 3.8) is 0 Å². The van der Waals surface area contributed by atoms with Crippen LogP contribution in [-0.4, -0.2) is 32.4 Å². The molecule has 0 bridgehead atoms. The Morgan fingerprint density at radius 2 is 2.13 bits per heavy atom. The Balaban J connectivity index is 2.80. The lowest BCUT2D eigenvalue weighted by atomic mass is 10.0. The third-order valence-corrected chi connectivity index (χ3v) is 1.89. The summed E-state index contributed by atoms with van der Waals surface area (Å²) in [5.74, 6) is -1.22. The van der Waals surface area contributed by atoms with Crippen LogP contribution in [0.5, 0.6) is 0 Å². The van der Waals surface area contributed by atoms with Gasteiger partial charge in [0.1, 0.15) is 6.10 Å². The van der Waals surface area contributed by atoms with Crippen LogP contribution in [0.25, 0.3) is 0 Å². The molecule has 0 radical (unpaired) electrons. The smallest absolute Gasteiger partial charge is 0.306 e. The molecule has 15 heavy (non-hydrogen) atoms. The zero-order valence-electron chi connectivity index (χ0n) is 7.75. The van der Waals surface area contributed by atoms with Crippen molar-refractivity contribution >= 4 is 5.97 Å². The van der Waals surface area contributed by atoms with Gasteiger partial charge in [-0.25, -0.2) is 0 Å². The third kappa shape index (κ3) is 3.19. The van der Waals surface area contributed by atoms with Gasteiger partial charge in [-0.2, -0.15) is 0 Å². The van der Waals surface area contributed by atoms with Crippen LogP contribution >= 0.6 is 0 Å². The Labute approximate surface area is 84.8 Å². The summed E-state index contributed by atoms with van der Waals surface area (Å²) in [7, 11) is 0. The average Bonchev–Trinajstić information content (AvgIpc) is 2.15. The molecule has 1 rings (SSSR count). The highest BCUT2D eigenvalue weighted by Gasteiger charge is 2.21. The number of nitrogens with one attached hydrogen (secondary N) is 1. The molecule has 1 heterocycles. The number of carboxylic acid groups (broad SMARTS) is 1. The topological polar surface area (TPSA) is 111 Å². The molecule has 82 valence electrons. The molecule has 0 aliphatic heterocycles. The fourth-order valence-electron chi connectivity index (χ4n) is 1.16. The van der Waals surface area contributed by atoms with Gasteiger partial charge >= 0.3 is 5.97 Å². The molecule has 0 amide bonds. The van der Waals surface area contributed by atoms with Crippen LogP contribution in [0.1, 0.15) is 18.1 Å². The minimum atomic E-state index is -1.43. The van der Waals surface area contributed by atoms with Crippen LogP contribution in [0.3, 0.4) is 0 Å². The lowest BCUT2D eigenvalue weighted by molar-refractivity contribution is -0.141. The molecule has 0 fully saturated rings. The van der Waals surface area contributed by atoms with Gasteiger partial charge in [0, 0.05) is 12.3 Å². The molecule has 0 spiro atoms. The Bertz CT molecular complexity index is 399. The van der Waals surface area contributed by atoms with Gasteiger partial charge in [-0.3, -0.25) is 9.59 Å². The molecule has 0 aliphatic carbocycles. The molecule has 0 aromatic carbocycles. The van der Waals surface area contributed by atoms with E-state index >= 15 is 0 Å². The highest BCUT2D eigenvalue weighted by atomic mass is 16.4. The van der Waals surface area contributed by atoms with E-state index in [4.69, 9.17) is 5.11 Å². The number of rotatable bonds is 4. The van der Waals surface area contributed by atoms with Crippen LogP contribution in [-0.2, 0) is 4.79 Å². The van der Waals surface area contributed by atoms with Crippen LogP contribution in [0.4, 0.5) is 0 Å². The Morgan fingerprint density at radius 1 is 1.47 bits per heavy atom. The first kappa shape index (κ1) is 11.4. The maximum Gasteiger partial charge on any atom is 0.306 e. The van der Waals surface area contributed by atoms with Crippen molar-refractivity contribution in [3.8, 4) is 0 Å². The highest BCUT2D eigenvalue weighted by molar-refractivity contribution is 5.67. The molecular formula is C9H11NO5. The minimum absolute atomic E-state index is 0.188. The summed E-state index contributed by atoms with van der Waals surface area (Å²) in [5.41, 5.74) is -0.235. The van der Waals surface area contributed by atoms with E-state index in [1.165, 1.54) is 12.3 Å². The van der Waals surface area contributed by atoms with Gasteiger partial charge in [-0.1, -0.05) is 0 Å². The summed E-state index contributed by atoms with van der Waals surface area (Å²) in [6, 6.07) is 2.51. The fraction of sp³-hybridized carbons (Fsp3) is 0.333. The van der Waals surface area contributed by atoms with Crippen molar-refractivity contribution in [3.05, 3.63) is 34.2 Å². The molecule has 0 aliphatic rings. The number of aromatic amines is 1. The number of carbonyl (C=O) groups is 1. The monoisotopic (exact) mass is 213 g/mol. The van der Waals surface area contributed by atoms with Crippen LogP contribution in [0.15, 0.2) is 23.1 Å². The molecule has 0 saturated heterocycles. The van der Waals surface area contributed by atoms with Crippen molar-refractivity contribution in [2.24, 2.45) is 0 Å². The quantitative estimate of drug-likeness (QED) is 0.525. The summed E-state index contributed by atoms with van der Waals surface area (Å²) in [6.45, 7) is 0. The SMILES string of the molecule is O=C(O)CC(O)C(O)c1cc[nH]c(=O)c1. The van der Waals surface area contributed by atoms with Crippen molar-refractivity contribution in [2.45, 2.75) is 18.6 Å². The van der Waals surface area contributed by atoms with E-state index in [1.54, 1.807) is 0 Å². The van der Waals surface area contributed by atoms with Gasteiger partial charge in [0.05, 0.1) is 12.5 Å². The molecule has 4 N–H and O–H groups in total. The minimum Gasteiger partial charge on any atom is -0.481 e. The normalized spacial score (nSPS) is 14.5. The number of aliphatic hydroxyl groups excluding tert-OH is 2. The van der Waals surface area contributed by atoms with E-state index in [2.05, 4.69) is 4.98 Å². The third-order valence-electron chi connectivity index (χ3n) is 1.89. The molecule has 2 atom stereocenters. The molecule has 2 unspecified atom stereocenters. The van der Waals surface area contributed by atoms with E-state index in [0.717, 1.165) is 6.07 Å². The van der Waals surface area contributed by atoms with Gasteiger partial charge < -0.3 is 20.3 Å². The van der Waals surface area contributed by atoms with Crippen LogP contribution in [0.2, 0.25) is 0 Å². The highest BCUT2D eigenvalue weighted by Crippen LogP contribution is 2.16. The number of aromatic nitrogens is 1. The van der Waals surface area contributed by atoms with Crippen molar-refractivity contribution in [1.82, 2.24) is 4.98 Å². The van der Waals surface area contributed by atoms with Crippen molar-refractivity contribution in [1.29, 1.82) is 0 Å². The summed E-state index contributed by atoms with van der Waals surface area (Å²) in [5, 5.41) is 27.2. The fourth-order valence-corrected chi connectivity index (χ4v) is 1.16. The number of hydrogen-bond acceptors (Lipinski definition) is 4. The van der Waals surface area contributed by atoms with E-state index in [-0.39, 0.29) is 5.56 Å². The van der Waals surface area contributed by atoms with Gasteiger partial charge in [0.25, 0.3) is 0 Å². The second kappa shape index (κ2) is 4.72. The molecule has 1 aromatic rings. The number of pyridine rings is 1. The standard InChI is InChI=1S/C9H11NO5/c11-6(4-8(13)14)9(15)5-1-2-10-7(12)3-5/h1-3,6,9,11,15H,4H2,(H,10,12)(H,13,14). The maximum atomic E-state index is 10.9. The predicted molar refractivity (Wildman–Crippen MR) is 50.3 cm³/mol. The Morgan fingerprint density at radius 3 is 2.67 bits per heavy atom. The second-order valence-electron chi connectivity index (χ2n) is 3.10. The van der Waals surface area contributed by atoms with Gasteiger partial charge in [0.15, 0.2) is 0 Å². The summed E-state index contributed by atoms with van der Waals surface area (Å²) < 4.78 is 0. The van der Waals surface area contributed by atoms with E-state index in [9.17, 15) is 19.8 Å². The molecule has 6 nitrogen and oxygen atoms in total. The van der Waals surface area contributed by atoms with Crippen molar-refractivity contribution < 1.29 is 20.1 Å². The zero-order chi connectivity index (χ0) is 11.4. The number of carboxylic acids is 1. The van der Waals surface area contributed by atoms with E-state index < -0.39 is 30.2 Å². The summed E-state index contributed by atoms with van der Waals surface area (Å²) in [6.07, 6.45) is -2.06. The largest absolute Gasteiger partial charge is 0.481 e. The van der Waals surface area contributed by atoms with Crippen LogP contribution < -0.4 is 5.56 Å². The Hall–Kier alpha value is -1.66. The lowest BCUT2D eigenvalue weighted by Gasteiger charge is -2.15. The average molecular weight is 213 g/mol. The number of H-pyrrole nitrogens is 1. The zero-order valence-corrected chi connectivity index (χ0v) is 7.75. The Kier molecular flexibility index (Phi) is 3.59. The number of aliphatic carboxylic acids is 1. The molecule has 1 aromatic heterocycles. The molecular weight excluding hydrogens is 202 g/mol. The number of hydrogen-bond donors (Lipinski definition) is 4. The number of aliphatic hydroxyl groups is 2. The first-order valence-corrected chi connectivity index (χ1v) is 4.27. The van der Waals surface area contributed by atoms with Crippen LogP contribution in [0, 0.1) is 0 Å².